The smallest absolute Gasteiger partial charge is 0.262 e. The average Bonchev–Trinajstić information content (AvgIpc) is 2.47. The first-order valence-electron chi connectivity index (χ1n) is 7.15. The van der Waals surface area contributed by atoms with Crippen LogP contribution in [0.3, 0.4) is 0 Å². The number of halogens is 1. The highest BCUT2D eigenvalue weighted by molar-refractivity contribution is 9.10. The highest BCUT2D eigenvalue weighted by atomic mass is 79.9. The van der Waals surface area contributed by atoms with E-state index >= 15 is 0 Å². The zero-order valence-corrected chi connectivity index (χ0v) is 15.9. The van der Waals surface area contributed by atoms with Crippen molar-refractivity contribution >= 4 is 48.6 Å². The topological polar surface area (TPSA) is 95.1 Å². The second-order valence-electron chi connectivity index (χ2n) is 5.08. The second-order valence-corrected chi connectivity index (χ2v) is 8.79. The molecule has 1 heterocycles. The number of fused-ring (bicyclic) bond motifs is 1. The molecule has 0 spiro atoms. The van der Waals surface area contributed by atoms with Crippen LogP contribution >= 0.6 is 27.7 Å². The molecule has 0 saturated carbocycles. The number of nitrogens with two attached hydrogens (primary N) is 1. The molecule has 0 aliphatic heterocycles. The molecule has 0 radical (unpaired) electrons. The lowest BCUT2D eigenvalue weighted by molar-refractivity contribution is 0.584. The molecule has 0 aliphatic carbocycles. The number of aromatic nitrogens is 2. The minimum Gasteiger partial charge on any atom is -0.287 e. The summed E-state index contributed by atoms with van der Waals surface area (Å²) in [6.45, 7) is 2.57. The van der Waals surface area contributed by atoms with Gasteiger partial charge < -0.3 is 0 Å². The Balaban J connectivity index is 2.32. The third-order valence-electron chi connectivity index (χ3n) is 3.13. The number of hydrogen-bond donors (Lipinski definition) is 1. The first-order chi connectivity index (χ1) is 10.8. The number of sulfonamides is 1. The lowest BCUT2D eigenvalue weighted by Crippen LogP contribution is -2.23. The summed E-state index contributed by atoms with van der Waals surface area (Å²) >= 11 is 4.75. The number of nitrogens with zero attached hydrogens (tertiary/aromatic N) is 2. The average molecular weight is 420 g/mol. The van der Waals surface area contributed by atoms with Crippen molar-refractivity contribution in [1.29, 1.82) is 0 Å². The molecular formula is C14H18BrN3O3S2. The van der Waals surface area contributed by atoms with E-state index in [4.69, 9.17) is 5.14 Å². The molecule has 0 amide bonds. The van der Waals surface area contributed by atoms with E-state index in [2.05, 4.69) is 20.9 Å². The van der Waals surface area contributed by atoms with Crippen LogP contribution in [0.2, 0.25) is 0 Å². The van der Waals surface area contributed by atoms with Crippen molar-refractivity contribution in [2.24, 2.45) is 5.14 Å². The molecule has 6 nitrogen and oxygen atoms in total. The molecule has 0 bridgehead atoms. The van der Waals surface area contributed by atoms with Crippen LogP contribution in [0.4, 0.5) is 0 Å². The third kappa shape index (κ3) is 5.03. The van der Waals surface area contributed by atoms with E-state index < -0.39 is 10.0 Å². The van der Waals surface area contributed by atoms with Gasteiger partial charge in [-0.15, -0.1) is 0 Å². The zero-order valence-electron chi connectivity index (χ0n) is 12.7. The van der Waals surface area contributed by atoms with Gasteiger partial charge in [-0.2, -0.15) is 0 Å². The van der Waals surface area contributed by atoms with Crippen molar-refractivity contribution in [3.63, 3.8) is 0 Å². The summed E-state index contributed by atoms with van der Waals surface area (Å²) in [6.07, 6.45) is 1.23. The molecule has 2 N–H and O–H groups in total. The van der Waals surface area contributed by atoms with Gasteiger partial charge in [0, 0.05) is 16.8 Å². The molecule has 2 rings (SSSR count). The monoisotopic (exact) mass is 419 g/mol. The molecule has 0 atom stereocenters. The number of rotatable bonds is 7. The Hall–Kier alpha value is -0.900. The maximum atomic E-state index is 12.7. The number of benzene rings is 1. The summed E-state index contributed by atoms with van der Waals surface area (Å²) in [7, 11) is -3.45. The van der Waals surface area contributed by atoms with Crippen LogP contribution in [-0.4, -0.2) is 29.5 Å². The molecule has 1 aromatic carbocycles. The molecule has 0 aliphatic rings. The van der Waals surface area contributed by atoms with Crippen molar-refractivity contribution in [2.75, 3.05) is 11.5 Å². The quantitative estimate of drug-likeness (QED) is 0.422. The highest BCUT2D eigenvalue weighted by Gasteiger charge is 2.12. The Labute approximate surface area is 147 Å². The van der Waals surface area contributed by atoms with Crippen molar-refractivity contribution in [3.05, 3.63) is 33.0 Å². The fourth-order valence-electron chi connectivity index (χ4n) is 2.13. The summed E-state index contributed by atoms with van der Waals surface area (Å²) in [4.78, 5) is 17.2. The van der Waals surface area contributed by atoms with Crippen LogP contribution in [0.5, 0.6) is 0 Å². The second kappa shape index (κ2) is 7.78. The van der Waals surface area contributed by atoms with E-state index in [9.17, 15) is 13.2 Å². The van der Waals surface area contributed by atoms with Gasteiger partial charge in [0.15, 0.2) is 5.16 Å². The van der Waals surface area contributed by atoms with E-state index in [1.807, 2.05) is 13.0 Å². The summed E-state index contributed by atoms with van der Waals surface area (Å²) in [5.41, 5.74) is 0.562. The summed E-state index contributed by atoms with van der Waals surface area (Å²) in [5.74, 6) is 0.465. The molecule has 23 heavy (non-hydrogen) atoms. The predicted molar refractivity (Wildman–Crippen MR) is 97.3 cm³/mol. The van der Waals surface area contributed by atoms with Crippen LogP contribution in [0.1, 0.15) is 19.8 Å². The minimum absolute atomic E-state index is 0.0709. The fraction of sp³-hybridized carbons (Fsp3) is 0.429. The first kappa shape index (κ1) is 18.4. The van der Waals surface area contributed by atoms with Gasteiger partial charge in [0.25, 0.3) is 5.56 Å². The highest BCUT2D eigenvalue weighted by Crippen LogP contribution is 2.21. The van der Waals surface area contributed by atoms with Crippen LogP contribution in [-0.2, 0) is 16.6 Å². The van der Waals surface area contributed by atoms with Gasteiger partial charge in [0.1, 0.15) is 0 Å². The lowest BCUT2D eigenvalue weighted by Gasteiger charge is -2.12. The minimum atomic E-state index is -3.45. The van der Waals surface area contributed by atoms with Gasteiger partial charge in [-0.3, -0.25) is 9.36 Å². The van der Waals surface area contributed by atoms with E-state index in [-0.39, 0.29) is 11.3 Å². The van der Waals surface area contributed by atoms with Crippen LogP contribution in [0, 0.1) is 0 Å². The van der Waals surface area contributed by atoms with Gasteiger partial charge in [-0.1, -0.05) is 34.6 Å². The molecule has 1 aromatic heterocycles. The Morgan fingerprint density at radius 1 is 1.39 bits per heavy atom. The summed E-state index contributed by atoms with van der Waals surface area (Å²) < 4.78 is 24.4. The molecule has 2 aromatic rings. The SMILES string of the molecule is CCCn1c(SCCCS(N)(=O)=O)nc2ccc(Br)cc2c1=O. The van der Waals surface area contributed by atoms with Crippen molar-refractivity contribution in [1.82, 2.24) is 9.55 Å². The first-order valence-corrected chi connectivity index (χ1v) is 10.6. The summed E-state index contributed by atoms with van der Waals surface area (Å²) in [6, 6.07) is 5.41. The van der Waals surface area contributed by atoms with Crippen LogP contribution < -0.4 is 10.7 Å². The maximum Gasteiger partial charge on any atom is 0.262 e. The van der Waals surface area contributed by atoms with Gasteiger partial charge in [0.05, 0.1) is 16.7 Å². The predicted octanol–water partition coefficient (Wildman–Crippen LogP) is 2.34. The lowest BCUT2D eigenvalue weighted by atomic mass is 10.2. The molecule has 0 saturated heterocycles. The van der Waals surface area contributed by atoms with Gasteiger partial charge in [-0.25, -0.2) is 18.5 Å². The molecule has 9 heteroatoms. The molecule has 126 valence electrons. The Morgan fingerprint density at radius 2 is 2.13 bits per heavy atom. The van der Waals surface area contributed by atoms with E-state index in [1.165, 1.54) is 11.8 Å². The number of thioether (sulfide) groups is 1. The van der Waals surface area contributed by atoms with Gasteiger partial charge in [-0.05, 0) is 31.0 Å². The normalized spacial score (nSPS) is 12.0. The number of primary sulfonamides is 1. The Morgan fingerprint density at radius 3 is 2.78 bits per heavy atom. The zero-order chi connectivity index (χ0) is 17.0. The largest absolute Gasteiger partial charge is 0.287 e. The van der Waals surface area contributed by atoms with E-state index in [0.29, 0.717) is 34.8 Å². The fourth-order valence-corrected chi connectivity index (χ4v) is 4.18. The number of hydrogen-bond acceptors (Lipinski definition) is 5. The van der Waals surface area contributed by atoms with Crippen LogP contribution in [0.25, 0.3) is 10.9 Å². The Kier molecular flexibility index (Phi) is 6.24. The van der Waals surface area contributed by atoms with Gasteiger partial charge in [0.2, 0.25) is 10.0 Å². The molecular weight excluding hydrogens is 402 g/mol. The Bertz CT molecular complexity index is 865. The summed E-state index contributed by atoms with van der Waals surface area (Å²) in [5, 5.41) is 6.18. The van der Waals surface area contributed by atoms with E-state index in [0.717, 1.165) is 10.9 Å². The molecule has 0 fully saturated rings. The van der Waals surface area contributed by atoms with Crippen molar-refractivity contribution in [3.8, 4) is 0 Å². The van der Waals surface area contributed by atoms with Crippen LogP contribution in [0.15, 0.2) is 32.6 Å². The standard InChI is InChI=1S/C14H18BrN3O3S2/c1-2-6-18-13(19)11-9-10(15)4-5-12(11)17-14(18)22-7-3-8-23(16,20)21/h4-5,9H,2-3,6-8H2,1H3,(H2,16,20,21). The maximum absolute atomic E-state index is 12.7. The van der Waals surface area contributed by atoms with Gasteiger partial charge >= 0.3 is 0 Å². The van der Waals surface area contributed by atoms with Crippen molar-refractivity contribution < 1.29 is 8.42 Å². The molecule has 0 unspecified atom stereocenters. The van der Waals surface area contributed by atoms with E-state index in [1.54, 1.807) is 16.7 Å². The van der Waals surface area contributed by atoms with Crippen molar-refractivity contribution in [2.45, 2.75) is 31.5 Å². The third-order valence-corrected chi connectivity index (χ3v) is 5.55.